The topological polar surface area (TPSA) is 97.5 Å². The molecule has 0 saturated heterocycles. The second-order valence-corrected chi connectivity index (χ2v) is 8.94. The summed E-state index contributed by atoms with van der Waals surface area (Å²) >= 11 is 11.7. The van der Waals surface area contributed by atoms with Gasteiger partial charge in [-0.15, -0.1) is 0 Å². The van der Waals surface area contributed by atoms with Crippen LogP contribution in [-0.2, 0) is 14.6 Å². The molecule has 3 atom stereocenters. The van der Waals surface area contributed by atoms with Crippen LogP contribution >= 0.6 is 23.2 Å². The van der Waals surface area contributed by atoms with E-state index in [9.17, 15) is 18.3 Å². The molecule has 8 heteroatoms. The van der Waals surface area contributed by atoms with Crippen LogP contribution in [0.2, 0.25) is 10.0 Å². The molecule has 0 aromatic heterocycles. The third-order valence-corrected chi connectivity index (χ3v) is 7.49. The number of carboxylic acid groups (broad SMARTS) is 1. The molecule has 3 N–H and O–H groups in total. The largest absolute Gasteiger partial charge is 0.481 e. The van der Waals surface area contributed by atoms with Crippen molar-refractivity contribution in [3.63, 3.8) is 0 Å². The Morgan fingerprint density at radius 3 is 1.96 bits per heavy atom. The Bertz CT molecular complexity index is 913. The van der Waals surface area contributed by atoms with Crippen molar-refractivity contribution in [1.82, 2.24) is 0 Å². The minimum absolute atomic E-state index is 0.0254. The van der Waals surface area contributed by atoms with E-state index in [0.29, 0.717) is 15.6 Å². The molecule has 1 fully saturated rings. The molecule has 0 heterocycles. The van der Waals surface area contributed by atoms with Crippen molar-refractivity contribution >= 4 is 39.0 Å². The normalized spacial score (nSPS) is 25.6. The fourth-order valence-corrected chi connectivity index (χ4v) is 6.00. The number of aliphatic carboxylic acids is 1. The van der Waals surface area contributed by atoms with Gasteiger partial charge in [-0.25, -0.2) is 8.42 Å². The summed E-state index contributed by atoms with van der Waals surface area (Å²) in [6.07, 6.45) is 0. The molecule has 2 aromatic rings. The van der Waals surface area contributed by atoms with E-state index in [1.807, 2.05) is 0 Å². The highest BCUT2D eigenvalue weighted by Gasteiger charge is 2.75. The third kappa shape index (κ3) is 2.83. The molecular formula is C17H15Cl2NO4S. The van der Waals surface area contributed by atoms with Crippen LogP contribution in [0.15, 0.2) is 53.4 Å². The molecule has 0 amide bonds. The van der Waals surface area contributed by atoms with Gasteiger partial charge in [-0.1, -0.05) is 35.3 Å². The first kappa shape index (κ1) is 18.2. The number of carboxylic acids is 1. The number of halogens is 2. The van der Waals surface area contributed by atoms with E-state index < -0.39 is 32.4 Å². The van der Waals surface area contributed by atoms with Gasteiger partial charge in [0.25, 0.3) is 0 Å². The van der Waals surface area contributed by atoms with Gasteiger partial charge in [0, 0.05) is 22.5 Å². The Morgan fingerprint density at radius 2 is 1.52 bits per heavy atom. The summed E-state index contributed by atoms with van der Waals surface area (Å²) in [6, 6.07) is 12.1. The van der Waals surface area contributed by atoms with Gasteiger partial charge in [0.2, 0.25) is 0 Å². The summed E-state index contributed by atoms with van der Waals surface area (Å²) in [6.45, 7) is -0.285. The molecule has 1 aliphatic carbocycles. The van der Waals surface area contributed by atoms with Crippen LogP contribution in [0.25, 0.3) is 0 Å². The third-order valence-electron chi connectivity index (χ3n) is 4.70. The van der Waals surface area contributed by atoms with Gasteiger partial charge in [0.1, 0.15) is 5.41 Å². The van der Waals surface area contributed by atoms with Crippen LogP contribution in [0.5, 0.6) is 0 Å². The fraction of sp³-hybridized carbons (Fsp3) is 0.235. The molecule has 5 nitrogen and oxygen atoms in total. The number of rotatable bonds is 5. The maximum Gasteiger partial charge on any atom is 0.312 e. The minimum atomic E-state index is -3.91. The molecule has 25 heavy (non-hydrogen) atoms. The molecule has 0 bridgehead atoms. The zero-order chi connectivity index (χ0) is 18.4. The van der Waals surface area contributed by atoms with Crippen LogP contribution in [-0.4, -0.2) is 31.3 Å². The fourth-order valence-electron chi connectivity index (χ4n) is 3.36. The molecule has 1 aliphatic rings. The van der Waals surface area contributed by atoms with Crippen molar-refractivity contribution in [2.24, 2.45) is 11.1 Å². The van der Waals surface area contributed by atoms with Gasteiger partial charge in [0.15, 0.2) is 9.84 Å². The lowest BCUT2D eigenvalue weighted by atomic mass is 9.99. The standard InChI is InChI=1S/C17H15Cl2NO4S/c18-11-3-1-10(2-4-11)14-15(17(14,9-20)16(21)22)25(23,24)13-7-5-12(19)6-8-13/h1-8,14-15H,9,20H2,(H,21,22)/t14-,15+,17+/m1/s1. The molecule has 1 saturated carbocycles. The van der Waals surface area contributed by atoms with E-state index in [1.54, 1.807) is 24.3 Å². The minimum Gasteiger partial charge on any atom is -0.481 e. The Morgan fingerprint density at radius 1 is 1.04 bits per heavy atom. The SMILES string of the molecule is NC[C@]1(C(=O)O)[C@H](c2ccc(Cl)cc2)[C@@H]1S(=O)(=O)c1ccc(Cl)cc1. The molecule has 0 unspecified atom stereocenters. The molecule has 0 radical (unpaired) electrons. The van der Waals surface area contributed by atoms with Crippen LogP contribution in [0, 0.1) is 5.41 Å². The van der Waals surface area contributed by atoms with E-state index in [-0.39, 0.29) is 11.4 Å². The second-order valence-electron chi connectivity index (χ2n) is 6.00. The molecule has 132 valence electrons. The second kappa shape index (κ2) is 6.29. The highest BCUT2D eigenvalue weighted by atomic mass is 35.5. The summed E-state index contributed by atoms with van der Waals surface area (Å²) in [5, 5.41) is 9.45. The number of sulfone groups is 1. The van der Waals surface area contributed by atoms with Gasteiger partial charge in [-0.3, -0.25) is 4.79 Å². The lowest BCUT2D eigenvalue weighted by Gasteiger charge is -2.10. The van der Waals surface area contributed by atoms with Crippen molar-refractivity contribution < 1.29 is 18.3 Å². The molecule has 0 aliphatic heterocycles. The van der Waals surface area contributed by atoms with Gasteiger partial charge < -0.3 is 10.8 Å². The number of hydrogen-bond acceptors (Lipinski definition) is 4. The number of carbonyl (C=O) groups is 1. The maximum absolute atomic E-state index is 13.0. The average Bonchev–Trinajstić information content (AvgIpc) is 3.27. The average molecular weight is 400 g/mol. The van der Waals surface area contributed by atoms with Crippen LogP contribution in [0.4, 0.5) is 0 Å². The first-order valence-corrected chi connectivity index (χ1v) is 9.73. The van der Waals surface area contributed by atoms with Crippen molar-refractivity contribution in [2.45, 2.75) is 16.1 Å². The summed E-state index contributed by atoms with van der Waals surface area (Å²) in [7, 11) is -3.91. The molecule has 3 rings (SSSR count). The van der Waals surface area contributed by atoms with E-state index in [4.69, 9.17) is 28.9 Å². The Balaban J connectivity index is 2.10. The summed E-state index contributed by atoms with van der Waals surface area (Å²) in [5.41, 5.74) is 4.74. The number of hydrogen-bond donors (Lipinski definition) is 2. The monoisotopic (exact) mass is 399 g/mol. The molecule has 0 spiro atoms. The van der Waals surface area contributed by atoms with Gasteiger partial charge in [0.05, 0.1) is 10.1 Å². The van der Waals surface area contributed by atoms with Gasteiger partial charge >= 0.3 is 5.97 Å². The zero-order valence-electron chi connectivity index (χ0n) is 12.9. The van der Waals surface area contributed by atoms with Crippen LogP contribution < -0.4 is 5.73 Å². The molecule has 2 aromatic carbocycles. The predicted molar refractivity (Wildman–Crippen MR) is 95.7 cm³/mol. The van der Waals surface area contributed by atoms with E-state index in [2.05, 4.69) is 0 Å². The zero-order valence-corrected chi connectivity index (χ0v) is 15.2. The van der Waals surface area contributed by atoms with Crippen molar-refractivity contribution in [3.05, 3.63) is 64.1 Å². The summed E-state index contributed by atoms with van der Waals surface area (Å²) in [4.78, 5) is 11.9. The van der Waals surface area contributed by atoms with Crippen LogP contribution in [0.3, 0.4) is 0 Å². The smallest absolute Gasteiger partial charge is 0.312 e. The summed E-state index contributed by atoms with van der Waals surface area (Å²) in [5.74, 6) is -1.97. The maximum atomic E-state index is 13.0. The Hall–Kier alpha value is -1.60. The van der Waals surface area contributed by atoms with E-state index in [0.717, 1.165) is 0 Å². The van der Waals surface area contributed by atoms with Gasteiger partial charge in [-0.2, -0.15) is 0 Å². The van der Waals surface area contributed by atoms with Crippen molar-refractivity contribution in [1.29, 1.82) is 0 Å². The lowest BCUT2D eigenvalue weighted by Crippen LogP contribution is -2.31. The number of benzene rings is 2. The van der Waals surface area contributed by atoms with Crippen molar-refractivity contribution in [2.75, 3.05) is 6.54 Å². The first-order valence-electron chi connectivity index (χ1n) is 7.43. The number of nitrogens with two attached hydrogens (primary N) is 1. The van der Waals surface area contributed by atoms with Gasteiger partial charge in [-0.05, 0) is 42.0 Å². The first-order chi connectivity index (χ1) is 11.7. The predicted octanol–water partition coefficient (Wildman–Crippen LogP) is 2.96. The molecular weight excluding hydrogens is 385 g/mol. The lowest BCUT2D eigenvalue weighted by molar-refractivity contribution is -0.143. The Labute approximate surface area is 155 Å². The Kier molecular flexibility index (Phi) is 4.58. The highest BCUT2D eigenvalue weighted by molar-refractivity contribution is 7.92. The quantitative estimate of drug-likeness (QED) is 0.804. The van der Waals surface area contributed by atoms with E-state index >= 15 is 0 Å². The van der Waals surface area contributed by atoms with E-state index in [1.165, 1.54) is 24.3 Å². The summed E-state index contributed by atoms with van der Waals surface area (Å²) < 4.78 is 26.1. The highest BCUT2D eigenvalue weighted by Crippen LogP contribution is 2.63. The van der Waals surface area contributed by atoms with Crippen LogP contribution in [0.1, 0.15) is 11.5 Å². The van der Waals surface area contributed by atoms with Crippen molar-refractivity contribution in [3.8, 4) is 0 Å².